The predicted molar refractivity (Wildman–Crippen MR) is 76.7 cm³/mol. The predicted octanol–water partition coefficient (Wildman–Crippen LogP) is 1.81. The number of fused-ring (bicyclic) bond motifs is 1. The van der Waals surface area contributed by atoms with Crippen LogP contribution in [0.3, 0.4) is 0 Å². The molecule has 5 nitrogen and oxygen atoms in total. The summed E-state index contributed by atoms with van der Waals surface area (Å²) in [7, 11) is 0. The van der Waals surface area contributed by atoms with E-state index in [-0.39, 0.29) is 18.4 Å². The molecule has 0 fully saturated rings. The molecule has 1 aliphatic heterocycles. The summed E-state index contributed by atoms with van der Waals surface area (Å²) in [4.78, 5) is 23.2. The van der Waals surface area contributed by atoms with E-state index in [0.717, 1.165) is 24.2 Å². The van der Waals surface area contributed by atoms with Crippen LogP contribution in [0.5, 0.6) is 0 Å². The van der Waals surface area contributed by atoms with Crippen LogP contribution < -0.4 is 10.6 Å². The van der Waals surface area contributed by atoms with Gasteiger partial charge in [0.15, 0.2) is 0 Å². The fraction of sp³-hybridized carbons (Fsp3) is 0.467. The van der Waals surface area contributed by atoms with Gasteiger partial charge in [-0.1, -0.05) is 25.1 Å². The molecule has 1 aromatic carbocycles. The first-order chi connectivity index (χ1) is 9.63. The summed E-state index contributed by atoms with van der Waals surface area (Å²) in [6.45, 7) is 2.76. The van der Waals surface area contributed by atoms with Crippen molar-refractivity contribution >= 4 is 17.6 Å². The van der Waals surface area contributed by atoms with Crippen LogP contribution in [-0.4, -0.2) is 30.1 Å². The molecule has 1 aromatic rings. The number of nitrogens with one attached hydrogen (secondary N) is 2. The largest absolute Gasteiger partial charge is 0.481 e. The molecular formula is C15H20N2O3. The van der Waals surface area contributed by atoms with Crippen LogP contribution in [0.15, 0.2) is 24.3 Å². The zero-order chi connectivity index (χ0) is 14.5. The number of carboxylic acids is 1. The summed E-state index contributed by atoms with van der Waals surface area (Å²) in [6, 6.07) is 7.75. The number of anilines is 1. The highest BCUT2D eigenvalue weighted by molar-refractivity contribution is 5.86. The minimum absolute atomic E-state index is 0.0846. The zero-order valence-electron chi connectivity index (χ0n) is 11.6. The molecule has 0 aliphatic carbocycles. The van der Waals surface area contributed by atoms with Gasteiger partial charge in [-0.3, -0.25) is 9.59 Å². The van der Waals surface area contributed by atoms with E-state index in [2.05, 4.69) is 10.6 Å². The van der Waals surface area contributed by atoms with Gasteiger partial charge in [0, 0.05) is 18.8 Å². The van der Waals surface area contributed by atoms with Crippen LogP contribution in [0.1, 0.15) is 31.2 Å². The zero-order valence-corrected chi connectivity index (χ0v) is 11.6. The van der Waals surface area contributed by atoms with Crippen LogP contribution in [0.4, 0.5) is 5.69 Å². The van der Waals surface area contributed by atoms with E-state index in [0.29, 0.717) is 6.42 Å². The fourth-order valence-corrected chi connectivity index (χ4v) is 2.49. The van der Waals surface area contributed by atoms with Crippen molar-refractivity contribution in [3.63, 3.8) is 0 Å². The number of carboxylic acid groups (broad SMARTS) is 1. The highest BCUT2D eigenvalue weighted by Crippen LogP contribution is 2.31. The lowest BCUT2D eigenvalue weighted by molar-refractivity contribution is -0.141. The molecule has 0 saturated heterocycles. The Labute approximate surface area is 118 Å². The molecule has 108 valence electrons. The Balaban J connectivity index is 2.02. The maximum absolute atomic E-state index is 12.3. The molecule has 0 radical (unpaired) electrons. The molecule has 20 heavy (non-hydrogen) atoms. The average molecular weight is 276 g/mol. The number of benzene rings is 1. The monoisotopic (exact) mass is 276 g/mol. The van der Waals surface area contributed by atoms with Gasteiger partial charge in [-0.05, 0) is 24.5 Å². The first kappa shape index (κ1) is 14.4. The minimum atomic E-state index is -0.862. The van der Waals surface area contributed by atoms with E-state index in [9.17, 15) is 9.59 Å². The van der Waals surface area contributed by atoms with Crippen molar-refractivity contribution in [3.8, 4) is 0 Å². The van der Waals surface area contributed by atoms with E-state index in [1.807, 2.05) is 31.2 Å². The van der Waals surface area contributed by atoms with Crippen LogP contribution in [0.2, 0.25) is 0 Å². The van der Waals surface area contributed by atoms with Crippen molar-refractivity contribution in [2.24, 2.45) is 5.92 Å². The third kappa shape index (κ3) is 3.10. The SMILES string of the molecule is CCC(CNC(=O)C1CCNc2ccccc21)C(=O)O. The first-order valence-electron chi connectivity index (χ1n) is 6.96. The van der Waals surface area contributed by atoms with E-state index in [1.54, 1.807) is 0 Å². The van der Waals surface area contributed by atoms with E-state index in [1.165, 1.54) is 0 Å². The van der Waals surface area contributed by atoms with Gasteiger partial charge in [0.1, 0.15) is 0 Å². The molecule has 5 heteroatoms. The molecule has 0 spiro atoms. The maximum Gasteiger partial charge on any atom is 0.308 e. The van der Waals surface area contributed by atoms with Crippen LogP contribution in [0, 0.1) is 5.92 Å². The second-order valence-corrected chi connectivity index (χ2v) is 5.04. The highest BCUT2D eigenvalue weighted by atomic mass is 16.4. The fourth-order valence-electron chi connectivity index (χ4n) is 2.49. The normalized spacial score (nSPS) is 18.6. The molecule has 0 bridgehead atoms. The number of aliphatic carboxylic acids is 1. The molecule has 2 unspecified atom stereocenters. The Bertz CT molecular complexity index is 502. The molecule has 1 heterocycles. The number of carbonyl (C=O) groups excluding carboxylic acids is 1. The van der Waals surface area contributed by atoms with E-state index >= 15 is 0 Å². The number of amides is 1. The summed E-state index contributed by atoms with van der Waals surface area (Å²) in [6.07, 6.45) is 1.24. The Morgan fingerprint density at radius 1 is 1.45 bits per heavy atom. The highest BCUT2D eigenvalue weighted by Gasteiger charge is 2.27. The second-order valence-electron chi connectivity index (χ2n) is 5.04. The van der Waals surface area contributed by atoms with Crippen molar-refractivity contribution in [1.29, 1.82) is 0 Å². The first-order valence-corrected chi connectivity index (χ1v) is 6.96. The van der Waals surface area contributed by atoms with Crippen molar-refractivity contribution in [3.05, 3.63) is 29.8 Å². The van der Waals surface area contributed by atoms with Gasteiger partial charge < -0.3 is 15.7 Å². The molecule has 0 aromatic heterocycles. The standard InChI is InChI=1S/C15H20N2O3/c1-2-10(15(19)20)9-17-14(18)12-7-8-16-13-6-4-3-5-11(12)13/h3-6,10,12,16H,2,7-9H2,1H3,(H,17,18)(H,19,20). The van der Waals surface area contributed by atoms with Gasteiger partial charge in [-0.25, -0.2) is 0 Å². The lowest BCUT2D eigenvalue weighted by Gasteiger charge is -2.26. The Hall–Kier alpha value is -2.04. The molecular weight excluding hydrogens is 256 g/mol. The smallest absolute Gasteiger partial charge is 0.308 e. The Morgan fingerprint density at radius 3 is 2.90 bits per heavy atom. The Kier molecular flexibility index (Phi) is 4.61. The third-order valence-electron chi connectivity index (χ3n) is 3.77. The number of para-hydroxylation sites is 1. The Morgan fingerprint density at radius 2 is 2.20 bits per heavy atom. The van der Waals surface area contributed by atoms with Crippen LogP contribution in [-0.2, 0) is 9.59 Å². The summed E-state index contributed by atoms with van der Waals surface area (Å²) in [5.41, 5.74) is 1.98. The third-order valence-corrected chi connectivity index (χ3v) is 3.77. The van der Waals surface area contributed by atoms with Crippen molar-refractivity contribution in [1.82, 2.24) is 5.32 Å². The number of carbonyl (C=O) groups is 2. The number of hydrogen-bond donors (Lipinski definition) is 3. The molecule has 0 saturated carbocycles. The second kappa shape index (κ2) is 6.41. The lowest BCUT2D eigenvalue weighted by Crippen LogP contribution is -2.37. The van der Waals surface area contributed by atoms with Gasteiger partial charge in [0.2, 0.25) is 5.91 Å². The molecule has 1 aliphatic rings. The van der Waals surface area contributed by atoms with Crippen molar-refractivity contribution in [2.75, 3.05) is 18.4 Å². The van der Waals surface area contributed by atoms with Gasteiger partial charge in [-0.15, -0.1) is 0 Å². The van der Waals surface area contributed by atoms with Gasteiger partial charge in [0.05, 0.1) is 11.8 Å². The van der Waals surface area contributed by atoms with Crippen LogP contribution in [0.25, 0.3) is 0 Å². The summed E-state index contributed by atoms with van der Waals surface area (Å²) < 4.78 is 0. The quantitative estimate of drug-likeness (QED) is 0.766. The van der Waals surface area contributed by atoms with Gasteiger partial charge >= 0.3 is 5.97 Å². The molecule has 2 rings (SSSR count). The van der Waals surface area contributed by atoms with Gasteiger partial charge in [0.25, 0.3) is 0 Å². The minimum Gasteiger partial charge on any atom is -0.481 e. The van der Waals surface area contributed by atoms with E-state index in [4.69, 9.17) is 5.11 Å². The lowest BCUT2D eigenvalue weighted by atomic mass is 9.90. The summed E-state index contributed by atoms with van der Waals surface area (Å²) >= 11 is 0. The maximum atomic E-state index is 12.3. The molecule has 2 atom stereocenters. The van der Waals surface area contributed by atoms with E-state index < -0.39 is 11.9 Å². The van der Waals surface area contributed by atoms with Crippen molar-refractivity contribution < 1.29 is 14.7 Å². The van der Waals surface area contributed by atoms with Gasteiger partial charge in [-0.2, -0.15) is 0 Å². The van der Waals surface area contributed by atoms with Crippen molar-refractivity contribution in [2.45, 2.75) is 25.7 Å². The molecule has 1 amide bonds. The topological polar surface area (TPSA) is 78.4 Å². The van der Waals surface area contributed by atoms with Crippen LogP contribution >= 0.6 is 0 Å². The summed E-state index contributed by atoms with van der Waals surface area (Å²) in [5, 5.41) is 15.0. The number of hydrogen-bond acceptors (Lipinski definition) is 3. The number of rotatable bonds is 5. The average Bonchev–Trinajstić information content (AvgIpc) is 2.46. The summed E-state index contributed by atoms with van der Waals surface area (Å²) in [5.74, 6) is -1.66. The molecule has 3 N–H and O–H groups in total.